The highest BCUT2D eigenvalue weighted by Gasteiger charge is 2.25. The van der Waals surface area contributed by atoms with Gasteiger partial charge in [0.2, 0.25) is 0 Å². The molecule has 0 bridgehead atoms. The molecule has 0 heterocycles. The van der Waals surface area contributed by atoms with Gasteiger partial charge in [0.25, 0.3) is 0 Å². The van der Waals surface area contributed by atoms with E-state index in [1.165, 1.54) is 33.4 Å². The van der Waals surface area contributed by atoms with Crippen molar-refractivity contribution in [1.29, 1.82) is 10.5 Å². The zero-order valence-electron chi connectivity index (χ0n) is 17.4. The maximum Gasteiger partial charge on any atom is 0.158 e. The van der Waals surface area contributed by atoms with Crippen molar-refractivity contribution < 1.29 is 0 Å². The second-order valence-corrected chi connectivity index (χ2v) is 7.93. The largest absolute Gasteiger partial charge is 0.196 e. The molecule has 0 unspecified atom stereocenters. The van der Waals surface area contributed by atoms with Gasteiger partial charge in [-0.25, -0.2) is 0 Å². The first kappa shape index (κ1) is 19.6. The molecule has 2 nitrogen and oxygen atoms in total. The maximum atomic E-state index is 9.27. The van der Waals surface area contributed by atoms with Crippen molar-refractivity contribution in [3.63, 3.8) is 0 Å². The van der Waals surface area contributed by atoms with E-state index < -0.39 is 5.92 Å². The Bertz CT molecular complexity index is 1320. The third kappa shape index (κ3) is 3.39. The van der Waals surface area contributed by atoms with Crippen LogP contribution in [0.1, 0.15) is 34.1 Å². The van der Waals surface area contributed by atoms with Crippen molar-refractivity contribution in [2.45, 2.75) is 11.8 Å². The van der Waals surface area contributed by atoms with E-state index in [0.29, 0.717) is 0 Å². The summed E-state index contributed by atoms with van der Waals surface area (Å²) in [7, 11) is 0. The molecule has 0 radical (unpaired) electrons. The zero-order valence-corrected chi connectivity index (χ0v) is 17.4. The minimum atomic E-state index is -0.750. The number of hydrogen-bond acceptors (Lipinski definition) is 2. The summed E-state index contributed by atoms with van der Waals surface area (Å²) in [5.74, 6) is -0.716. The quantitative estimate of drug-likeness (QED) is 0.315. The van der Waals surface area contributed by atoms with E-state index in [4.69, 9.17) is 0 Å². The zero-order chi connectivity index (χ0) is 21.9. The van der Waals surface area contributed by atoms with Gasteiger partial charge in [-0.15, -0.1) is 0 Å². The average Bonchev–Trinajstić information content (AvgIpc) is 3.20. The summed E-state index contributed by atoms with van der Waals surface area (Å²) in [6.45, 7) is 0. The Balaban J connectivity index is 1.71. The van der Waals surface area contributed by atoms with Crippen molar-refractivity contribution in [2.24, 2.45) is 0 Å². The van der Waals surface area contributed by atoms with E-state index in [1.54, 1.807) is 0 Å². The van der Waals surface area contributed by atoms with E-state index in [9.17, 15) is 10.5 Å². The fourth-order valence-electron chi connectivity index (χ4n) is 4.57. The van der Waals surface area contributed by atoms with Crippen LogP contribution in [0.2, 0.25) is 0 Å². The standard InChI is InChI=1S/C30H20N2/c31-19-25(20-32)21-11-13-24(14-12-21)30(28-17-15-22-7-3-1-5-9-26(22)28)29-18-16-23-8-4-2-6-10-27(23)29/h1-18,25,30H. The predicted octanol–water partition coefficient (Wildman–Crippen LogP) is 7.21. The molecule has 0 N–H and O–H groups in total. The number of nitrogens with zero attached hydrogens (tertiary/aromatic N) is 2. The van der Waals surface area contributed by atoms with Crippen LogP contribution in [0.3, 0.4) is 0 Å². The van der Waals surface area contributed by atoms with Gasteiger partial charge in [0.15, 0.2) is 5.92 Å². The summed E-state index contributed by atoms with van der Waals surface area (Å²) in [4.78, 5) is 0. The van der Waals surface area contributed by atoms with Crippen LogP contribution >= 0.6 is 0 Å². The van der Waals surface area contributed by atoms with Gasteiger partial charge in [-0.1, -0.05) is 109 Å². The van der Waals surface area contributed by atoms with Crippen LogP contribution in [-0.4, -0.2) is 0 Å². The molecule has 0 amide bonds. The molecule has 0 aliphatic heterocycles. The van der Waals surface area contributed by atoms with Gasteiger partial charge >= 0.3 is 0 Å². The highest BCUT2D eigenvalue weighted by atomic mass is 14.3. The Labute approximate surface area is 188 Å². The summed E-state index contributed by atoms with van der Waals surface area (Å²) < 4.78 is 0. The van der Waals surface area contributed by atoms with Crippen molar-refractivity contribution in [1.82, 2.24) is 0 Å². The predicted molar refractivity (Wildman–Crippen MR) is 127 cm³/mol. The Morgan fingerprint density at radius 1 is 0.469 bits per heavy atom. The van der Waals surface area contributed by atoms with E-state index in [1.807, 2.05) is 12.1 Å². The van der Waals surface area contributed by atoms with Gasteiger partial charge in [0.05, 0.1) is 12.1 Å². The molecule has 0 saturated carbocycles. The molecular formula is C30H20N2. The van der Waals surface area contributed by atoms with Gasteiger partial charge in [0, 0.05) is 5.92 Å². The molecule has 1 aromatic carbocycles. The van der Waals surface area contributed by atoms with Gasteiger partial charge in [-0.3, -0.25) is 0 Å². The van der Waals surface area contributed by atoms with E-state index in [-0.39, 0.29) is 5.92 Å². The second kappa shape index (κ2) is 8.38. The summed E-state index contributed by atoms with van der Waals surface area (Å²) >= 11 is 0. The first-order valence-electron chi connectivity index (χ1n) is 10.6. The highest BCUT2D eigenvalue weighted by Crippen LogP contribution is 2.44. The first-order chi connectivity index (χ1) is 15.8. The fraction of sp³-hybridized carbons (Fsp3) is 0.0667. The van der Waals surface area contributed by atoms with E-state index in [0.717, 1.165) is 11.1 Å². The van der Waals surface area contributed by atoms with Crippen LogP contribution in [0.5, 0.6) is 0 Å². The summed E-state index contributed by atoms with van der Waals surface area (Å²) in [5, 5.41) is 18.5. The molecule has 0 fully saturated rings. The van der Waals surface area contributed by atoms with Gasteiger partial charge < -0.3 is 0 Å². The molecule has 150 valence electrons. The Morgan fingerprint density at radius 3 is 1.44 bits per heavy atom. The van der Waals surface area contributed by atoms with E-state index in [2.05, 4.69) is 109 Å². The molecule has 0 atom stereocenters. The molecule has 32 heavy (non-hydrogen) atoms. The lowest BCUT2D eigenvalue weighted by atomic mass is 9.82. The lowest BCUT2D eigenvalue weighted by molar-refractivity contribution is 0.988. The van der Waals surface area contributed by atoms with Crippen LogP contribution in [-0.2, 0) is 0 Å². The van der Waals surface area contributed by atoms with Gasteiger partial charge in [-0.2, -0.15) is 10.5 Å². The van der Waals surface area contributed by atoms with Crippen molar-refractivity contribution in [3.05, 3.63) is 131 Å². The third-order valence-corrected chi connectivity index (χ3v) is 6.13. The van der Waals surface area contributed by atoms with Crippen molar-refractivity contribution in [2.75, 3.05) is 0 Å². The minimum absolute atomic E-state index is 0.0338. The molecular weight excluding hydrogens is 388 g/mol. The first-order valence-corrected chi connectivity index (χ1v) is 10.6. The molecule has 1 aromatic rings. The van der Waals surface area contributed by atoms with Crippen LogP contribution in [0.4, 0.5) is 0 Å². The molecule has 0 spiro atoms. The monoisotopic (exact) mass is 408 g/mol. The minimum Gasteiger partial charge on any atom is -0.196 e. The van der Waals surface area contributed by atoms with E-state index >= 15 is 0 Å². The number of nitriles is 2. The van der Waals surface area contributed by atoms with Crippen LogP contribution < -0.4 is 0 Å². The van der Waals surface area contributed by atoms with Crippen LogP contribution in [0, 0.1) is 22.7 Å². The average molecular weight is 409 g/mol. The summed E-state index contributed by atoms with van der Waals surface area (Å²) in [6, 6.07) is 41.9. The SMILES string of the molecule is N#CC(C#N)c1ccc(C(c2ccc3cccccc2-3)c2ccc3cccccc2-3)cc1. The van der Waals surface area contributed by atoms with Gasteiger partial charge in [-0.05, 0) is 44.5 Å². The number of benzene rings is 1. The summed E-state index contributed by atoms with van der Waals surface area (Å²) in [6.07, 6.45) is 0. The second-order valence-electron chi connectivity index (χ2n) is 7.93. The molecule has 2 heteroatoms. The number of fused-ring (bicyclic) bond motifs is 2. The van der Waals surface area contributed by atoms with Gasteiger partial charge in [0.1, 0.15) is 0 Å². The lowest BCUT2D eigenvalue weighted by Crippen LogP contribution is -2.04. The fourth-order valence-corrected chi connectivity index (χ4v) is 4.57. The normalized spacial score (nSPS) is 11.0. The maximum absolute atomic E-state index is 9.27. The topological polar surface area (TPSA) is 47.6 Å². The third-order valence-electron chi connectivity index (χ3n) is 6.13. The Hall–Kier alpha value is -4.40. The van der Waals surface area contributed by atoms with Crippen molar-refractivity contribution >= 4 is 0 Å². The highest BCUT2D eigenvalue weighted by molar-refractivity contribution is 5.78. The molecule has 4 aliphatic rings. The Morgan fingerprint density at radius 2 is 0.938 bits per heavy atom. The lowest BCUT2D eigenvalue weighted by Gasteiger charge is -2.20. The van der Waals surface area contributed by atoms with Crippen molar-refractivity contribution in [3.8, 4) is 34.4 Å². The number of hydrogen-bond donors (Lipinski definition) is 0. The molecule has 0 saturated heterocycles. The smallest absolute Gasteiger partial charge is 0.158 e. The van der Waals surface area contributed by atoms with Crippen LogP contribution in [0.25, 0.3) is 22.3 Å². The molecule has 0 aromatic heterocycles. The molecule has 5 rings (SSSR count). The Kier molecular flexibility index (Phi) is 5.12. The molecule has 4 aliphatic carbocycles. The summed E-state index contributed by atoms with van der Waals surface area (Å²) in [5.41, 5.74) is 9.25. The number of rotatable bonds is 4. The van der Waals surface area contributed by atoms with Crippen LogP contribution in [0.15, 0.2) is 109 Å².